The van der Waals surface area contributed by atoms with Gasteiger partial charge in [-0.15, -0.1) is 0 Å². The number of hydrogen-bond acceptors (Lipinski definition) is 2. The third-order valence-corrected chi connectivity index (χ3v) is 3.55. The second-order valence-corrected chi connectivity index (χ2v) is 4.79. The van der Waals surface area contributed by atoms with E-state index in [2.05, 4.69) is 42.1 Å². The molecule has 0 radical (unpaired) electrons. The second-order valence-electron chi connectivity index (χ2n) is 4.79. The zero-order valence-electron chi connectivity index (χ0n) is 12.1. The highest BCUT2D eigenvalue weighted by molar-refractivity contribution is 5.44. The van der Waals surface area contributed by atoms with Crippen LogP contribution >= 0.6 is 0 Å². The van der Waals surface area contributed by atoms with Crippen molar-refractivity contribution in [1.82, 2.24) is 0 Å². The molecule has 106 valence electrons. The summed E-state index contributed by atoms with van der Waals surface area (Å²) >= 11 is 0. The molecule has 0 fully saturated rings. The first-order chi connectivity index (χ1) is 9.78. The number of hydrogen-bond donors (Lipinski definition) is 1. The molecule has 0 saturated heterocycles. The van der Waals surface area contributed by atoms with Gasteiger partial charge >= 0.3 is 0 Å². The molecule has 0 aliphatic heterocycles. The van der Waals surface area contributed by atoms with Crippen LogP contribution < -0.4 is 15.2 Å². The molecule has 0 aliphatic rings. The molecule has 0 saturated carbocycles. The van der Waals surface area contributed by atoms with Crippen molar-refractivity contribution >= 4 is 0 Å². The van der Waals surface area contributed by atoms with Crippen LogP contribution in [0.4, 0.5) is 0 Å². The molecule has 0 bridgehead atoms. The summed E-state index contributed by atoms with van der Waals surface area (Å²) < 4.78 is 10.7. The summed E-state index contributed by atoms with van der Waals surface area (Å²) in [4.78, 5) is 0. The quantitative estimate of drug-likeness (QED) is 0.877. The molecule has 0 aromatic heterocycles. The van der Waals surface area contributed by atoms with Crippen molar-refractivity contribution in [2.24, 2.45) is 0 Å². The van der Waals surface area contributed by atoms with Gasteiger partial charge in [-0.05, 0) is 29.7 Å². The number of benzene rings is 2. The van der Waals surface area contributed by atoms with E-state index in [1.54, 1.807) is 14.2 Å². The highest BCUT2D eigenvalue weighted by Gasteiger charge is 2.15. The van der Waals surface area contributed by atoms with Crippen LogP contribution in [-0.2, 0) is 6.42 Å². The maximum atomic E-state index is 5.38. The van der Waals surface area contributed by atoms with E-state index in [1.165, 1.54) is 11.1 Å². The van der Waals surface area contributed by atoms with E-state index in [1.807, 2.05) is 12.1 Å². The van der Waals surface area contributed by atoms with Crippen LogP contribution in [0.2, 0.25) is 0 Å². The van der Waals surface area contributed by atoms with E-state index in [0.717, 1.165) is 24.5 Å². The average Bonchev–Trinajstić information content (AvgIpc) is 2.53. The molecule has 0 amide bonds. The Balaban J connectivity index is 2.23. The van der Waals surface area contributed by atoms with Gasteiger partial charge in [0.2, 0.25) is 0 Å². The Morgan fingerprint density at radius 1 is 0.950 bits per heavy atom. The van der Waals surface area contributed by atoms with Crippen LogP contribution in [0.3, 0.4) is 0 Å². The van der Waals surface area contributed by atoms with Crippen LogP contribution in [0.25, 0.3) is 0 Å². The van der Waals surface area contributed by atoms with E-state index in [0.29, 0.717) is 5.92 Å². The van der Waals surface area contributed by atoms with Gasteiger partial charge in [0.1, 0.15) is 0 Å². The molecule has 3 N–H and O–H groups in total. The fraction of sp³-hybridized carbons (Fsp3) is 0.294. The Hall–Kier alpha value is -2.00. The molecule has 1 atom stereocenters. The zero-order valence-corrected chi connectivity index (χ0v) is 12.1. The molecule has 2 rings (SSSR count). The third-order valence-electron chi connectivity index (χ3n) is 3.55. The van der Waals surface area contributed by atoms with Gasteiger partial charge in [-0.2, -0.15) is 0 Å². The molecule has 3 heteroatoms. The zero-order chi connectivity index (χ0) is 14.4. The molecule has 20 heavy (non-hydrogen) atoms. The summed E-state index contributed by atoms with van der Waals surface area (Å²) in [5.41, 5.74) is 6.65. The SMILES string of the molecule is COc1ccc(C(C[NH3+])Cc2ccccc2)cc1OC. The lowest BCUT2D eigenvalue weighted by molar-refractivity contribution is -0.372. The van der Waals surface area contributed by atoms with Crippen LogP contribution in [0.1, 0.15) is 17.0 Å². The molecule has 0 aliphatic carbocycles. The minimum absolute atomic E-state index is 0.386. The standard InChI is InChI=1S/C17H21NO2/c1-19-16-9-8-14(11-17(16)20-2)15(12-18)10-13-6-4-3-5-7-13/h3-9,11,15H,10,12,18H2,1-2H3/p+1. The van der Waals surface area contributed by atoms with Gasteiger partial charge in [-0.25, -0.2) is 0 Å². The summed E-state index contributed by atoms with van der Waals surface area (Å²) in [5, 5.41) is 0. The first-order valence-corrected chi connectivity index (χ1v) is 6.83. The highest BCUT2D eigenvalue weighted by Crippen LogP contribution is 2.31. The van der Waals surface area contributed by atoms with Gasteiger partial charge < -0.3 is 15.2 Å². The molecular formula is C17H22NO2+. The maximum Gasteiger partial charge on any atom is 0.161 e. The average molecular weight is 272 g/mol. The van der Waals surface area contributed by atoms with Crippen LogP contribution in [0, 0.1) is 0 Å². The summed E-state index contributed by atoms with van der Waals surface area (Å²) in [5.74, 6) is 1.92. The lowest BCUT2D eigenvalue weighted by Gasteiger charge is -2.16. The number of ether oxygens (including phenoxy) is 2. The first kappa shape index (κ1) is 14.4. The van der Waals surface area contributed by atoms with E-state index in [9.17, 15) is 0 Å². The van der Waals surface area contributed by atoms with E-state index >= 15 is 0 Å². The molecule has 0 heterocycles. The molecule has 0 spiro atoms. The highest BCUT2D eigenvalue weighted by atomic mass is 16.5. The van der Waals surface area contributed by atoms with E-state index in [4.69, 9.17) is 9.47 Å². The van der Waals surface area contributed by atoms with Crippen molar-refractivity contribution in [2.45, 2.75) is 12.3 Å². The van der Waals surface area contributed by atoms with E-state index in [-0.39, 0.29) is 0 Å². The van der Waals surface area contributed by atoms with Crippen molar-refractivity contribution < 1.29 is 15.2 Å². The summed E-state index contributed by atoms with van der Waals surface area (Å²) in [6.07, 6.45) is 0.986. The smallest absolute Gasteiger partial charge is 0.161 e. The molecular weight excluding hydrogens is 250 g/mol. The monoisotopic (exact) mass is 272 g/mol. The minimum atomic E-state index is 0.386. The predicted molar refractivity (Wildman–Crippen MR) is 80.2 cm³/mol. The van der Waals surface area contributed by atoms with Gasteiger partial charge in [-0.3, -0.25) is 0 Å². The van der Waals surface area contributed by atoms with Crippen molar-refractivity contribution in [3.05, 3.63) is 59.7 Å². The Labute approximate surface area is 120 Å². The van der Waals surface area contributed by atoms with Crippen molar-refractivity contribution in [3.63, 3.8) is 0 Å². The lowest BCUT2D eigenvalue weighted by Crippen LogP contribution is -2.53. The lowest BCUT2D eigenvalue weighted by atomic mass is 9.92. The Morgan fingerprint density at radius 3 is 2.25 bits per heavy atom. The van der Waals surface area contributed by atoms with Crippen LogP contribution in [-0.4, -0.2) is 20.8 Å². The molecule has 2 aromatic rings. The van der Waals surface area contributed by atoms with Crippen molar-refractivity contribution in [1.29, 1.82) is 0 Å². The van der Waals surface area contributed by atoms with Gasteiger partial charge in [0, 0.05) is 5.92 Å². The van der Waals surface area contributed by atoms with Crippen molar-refractivity contribution in [3.8, 4) is 11.5 Å². The van der Waals surface area contributed by atoms with E-state index < -0.39 is 0 Å². The first-order valence-electron chi connectivity index (χ1n) is 6.83. The molecule has 3 nitrogen and oxygen atoms in total. The summed E-state index contributed by atoms with van der Waals surface area (Å²) in [6, 6.07) is 16.6. The Kier molecular flexibility index (Phi) is 5.02. The second kappa shape index (κ2) is 6.96. The Morgan fingerprint density at radius 2 is 1.65 bits per heavy atom. The summed E-state index contributed by atoms with van der Waals surface area (Å²) in [6.45, 7) is 0.852. The largest absolute Gasteiger partial charge is 0.493 e. The van der Waals surface area contributed by atoms with Crippen molar-refractivity contribution in [2.75, 3.05) is 20.8 Å². The molecule has 1 unspecified atom stereocenters. The predicted octanol–water partition coefficient (Wildman–Crippen LogP) is 2.27. The summed E-state index contributed by atoms with van der Waals surface area (Å²) in [7, 11) is 3.32. The van der Waals surface area contributed by atoms with Gasteiger partial charge in [0.15, 0.2) is 11.5 Å². The van der Waals surface area contributed by atoms with Crippen LogP contribution in [0.5, 0.6) is 11.5 Å². The van der Waals surface area contributed by atoms with Crippen LogP contribution in [0.15, 0.2) is 48.5 Å². The fourth-order valence-corrected chi connectivity index (χ4v) is 2.39. The maximum absolute atomic E-state index is 5.38. The van der Waals surface area contributed by atoms with Gasteiger partial charge in [0.05, 0.1) is 20.8 Å². The normalized spacial score (nSPS) is 11.9. The van der Waals surface area contributed by atoms with Gasteiger partial charge in [0.25, 0.3) is 0 Å². The number of methoxy groups -OCH3 is 2. The number of rotatable bonds is 6. The third kappa shape index (κ3) is 3.31. The molecule has 2 aromatic carbocycles. The minimum Gasteiger partial charge on any atom is -0.493 e. The Bertz CT molecular complexity index is 540. The fourth-order valence-electron chi connectivity index (χ4n) is 2.39. The van der Waals surface area contributed by atoms with Gasteiger partial charge in [-0.1, -0.05) is 36.4 Å². The topological polar surface area (TPSA) is 46.1 Å². The number of quaternary nitrogens is 1.